The summed E-state index contributed by atoms with van der Waals surface area (Å²) < 4.78 is 4.87. The van der Waals surface area contributed by atoms with Gasteiger partial charge in [-0.1, -0.05) is 17.0 Å². The Labute approximate surface area is 109 Å². The minimum Gasteiger partial charge on any atom is -0.384 e. The molecule has 6 heteroatoms. The van der Waals surface area contributed by atoms with Crippen LogP contribution < -0.4 is 5.32 Å². The van der Waals surface area contributed by atoms with Gasteiger partial charge in [-0.3, -0.25) is 10.1 Å². The van der Waals surface area contributed by atoms with Crippen molar-refractivity contribution < 1.29 is 14.4 Å². The predicted octanol–water partition coefficient (Wildman–Crippen LogP) is 0.974. The standard InChI is InChI=1S/C13H11N3O3/c1-9-7-12(19-16-9)15-13(18)11-5-4-10(8-14-11)3-2-6-17/h4-5,7-8,17H,6H2,1H3,(H,15,18). The minimum atomic E-state index is -0.391. The molecule has 2 heterocycles. The summed E-state index contributed by atoms with van der Waals surface area (Å²) in [6.45, 7) is 1.54. The molecule has 0 saturated heterocycles. The first-order valence-corrected chi connectivity index (χ1v) is 5.49. The quantitative estimate of drug-likeness (QED) is 0.783. The Balaban J connectivity index is 2.07. The zero-order chi connectivity index (χ0) is 13.7. The van der Waals surface area contributed by atoms with Gasteiger partial charge in [-0.05, 0) is 19.1 Å². The normalized spacial score (nSPS) is 9.58. The van der Waals surface area contributed by atoms with E-state index in [0.717, 1.165) is 0 Å². The molecule has 0 saturated carbocycles. The topological polar surface area (TPSA) is 88.2 Å². The molecule has 19 heavy (non-hydrogen) atoms. The van der Waals surface area contributed by atoms with Crippen LogP contribution in [0.4, 0.5) is 5.88 Å². The molecule has 0 radical (unpaired) electrons. The number of nitrogens with one attached hydrogen (secondary N) is 1. The van der Waals surface area contributed by atoms with Crippen molar-refractivity contribution in [2.45, 2.75) is 6.92 Å². The largest absolute Gasteiger partial charge is 0.384 e. The van der Waals surface area contributed by atoms with Crippen LogP contribution in [0.5, 0.6) is 0 Å². The number of nitrogens with zero attached hydrogens (tertiary/aromatic N) is 2. The van der Waals surface area contributed by atoms with Gasteiger partial charge in [-0.2, -0.15) is 0 Å². The minimum absolute atomic E-state index is 0.215. The van der Waals surface area contributed by atoms with Crippen molar-refractivity contribution in [2.24, 2.45) is 0 Å². The van der Waals surface area contributed by atoms with Crippen LogP contribution in [-0.2, 0) is 0 Å². The lowest BCUT2D eigenvalue weighted by atomic mass is 10.2. The SMILES string of the molecule is Cc1cc(NC(=O)c2ccc(C#CCO)cn2)on1. The third-order valence-electron chi connectivity index (χ3n) is 2.17. The second kappa shape index (κ2) is 5.80. The smallest absolute Gasteiger partial charge is 0.276 e. The number of aromatic nitrogens is 2. The molecule has 0 aromatic carbocycles. The second-order valence-corrected chi connectivity index (χ2v) is 3.68. The van der Waals surface area contributed by atoms with Crippen LogP contribution in [0, 0.1) is 18.8 Å². The van der Waals surface area contributed by atoms with Crippen molar-refractivity contribution in [1.29, 1.82) is 0 Å². The van der Waals surface area contributed by atoms with Gasteiger partial charge in [0.2, 0.25) is 5.88 Å². The lowest BCUT2D eigenvalue weighted by molar-refractivity contribution is 0.101. The van der Waals surface area contributed by atoms with Crippen LogP contribution in [0.1, 0.15) is 21.7 Å². The molecule has 2 rings (SSSR count). The van der Waals surface area contributed by atoms with Crippen LogP contribution in [0.15, 0.2) is 28.9 Å². The molecule has 0 atom stereocenters. The van der Waals surface area contributed by atoms with Gasteiger partial charge in [-0.25, -0.2) is 4.98 Å². The molecule has 0 fully saturated rings. The Bertz CT molecular complexity index is 635. The molecule has 0 aliphatic rings. The third kappa shape index (κ3) is 3.40. The van der Waals surface area contributed by atoms with E-state index in [0.29, 0.717) is 11.3 Å². The number of hydrogen-bond donors (Lipinski definition) is 2. The van der Waals surface area contributed by atoms with E-state index in [1.807, 2.05) is 0 Å². The van der Waals surface area contributed by atoms with Gasteiger partial charge in [0.05, 0.1) is 5.69 Å². The molecule has 0 aliphatic heterocycles. The highest BCUT2D eigenvalue weighted by Gasteiger charge is 2.10. The summed E-state index contributed by atoms with van der Waals surface area (Å²) in [6, 6.07) is 4.80. The van der Waals surface area contributed by atoms with E-state index < -0.39 is 5.91 Å². The zero-order valence-corrected chi connectivity index (χ0v) is 10.2. The highest BCUT2D eigenvalue weighted by Crippen LogP contribution is 2.10. The molecular formula is C13H11N3O3. The maximum Gasteiger partial charge on any atom is 0.276 e. The predicted molar refractivity (Wildman–Crippen MR) is 67.4 cm³/mol. The molecule has 0 spiro atoms. The van der Waals surface area contributed by atoms with E-state index in [9.17, 15) is 4.79 Å². The average Bonchev–Trinajstić information content (AvgIpc) is 2.82. The Morgan fingerprint density at radius 2 is 2.37 bits per heavy atom. The van der Waals surface area contributed by atoms with Gasteiger partial charge >= 0.3 is 0 Å². The van der Waals surface area contributed by atoms with Crippen molar-refractivity contribution in [1.82, 2.24) is 10.1 Å². The maximum absolute atomic E-state index is 11.8. The highest BCUT2D eigenvalue weighted by molar-refractivity contribution is 6.02. The van der Waals surface area contributed by atoms with Gasteiger partial charge < -0.3 is 9.63 Å². The summed E-state index contributed by atoms with van der Waals surface area (Å²) in [7, 11) is 0. The number of aliphatic hydroxyl groups is 1. The molecule has 2 N–H and O–H groups in total. The number of aliphatic hydroxyl groups excluding tert-OH is 1. The van der Waals surface area contributed by atoms with Gasteiger partial charge in [0.25, 0.3) is 5.91 Å². The number of amides is 1. The molecule has 0 unspecified atom stereocenters. The Kier molecular flexibility index (Phi) is 3.90. The molecule has 96 valence electrons. The molecule has 0 aliphatic carbocycles. The van der Waals surface area contributed by atoms with Crippen LogP contribution >= 0.6 is 0 Å². The fourth-order valence-electron chi connectivity index (χ4n) is 1.34. The van der Waals surface area contributed by atoms with E-state index >= 15 is 0 Å². The molecular weight excluding hydrogens is 246 g/mol. The number of pyridine rings is 1. The van der Waals surface area contributed by atoms with Crippen molar-refractivity contribution in [3.63, 3.8) is 0 Å². The Hall–Kier alpha value is -2.65. The van der Waals surface area contributed by atoms with Crippen molar-refractivity contribution in [3.8, 4) is 11.8 Å². The summed E-state index contributed by atoms with van der Waals surface area (Å²) in [4.78, 5) is 15.8. The summed E-state index contributed by atoms with van der Waals surface area (Å²) in [5, 5.41) is 14.8. The summed E-state index contributed by atoms with van der Waals surface area (Å²) in [5.74, 6) is 5.07. The number of carbonyl (C=O) groups excluding carboxylic acids is 1. The first-order valence-electron chi connectivity index (χ1n) is 5.49. The van der Waals surface area contributed by atoms with Crippen LogP contribution in [0.3, 0.4) is 0 Å². The van der Waals surface area contributed by atoms with Gasteiger partial charge in [0.15, 0.2) is 0 Å². The fraction of sp³-hybridized carbons (Fsp3) is 0.154. The lowest BCUT2D eigenvalue weighted by Crippen LogP contribution is -2.13. The molecule has 2 aromatic rings. The fourth-order valence-corrected chi connectivity index (χ4v) is 1.34. The van der Waals surface area contributed by atoms with E-state index in [4.69, 9.17) is 9.63 Å². The Morgan fingerprint density at radius 1 is 1.53 bits per heavy atom. The lowest BCUT2D eigenvalue weighted by Gasteiger charge is -2.00. The number of aryl methyl sites for hydroxylation is 1. The highest BCUT2D eigenvalue weighted by atomic mass is 16.5. The molecule has 1 amide bonds. The van der Waals surface area contributed by atoms with Gasteiger partial charge in [0.1, 0.15) is 12.3 Å². The number of anilines is 1. The summed E-state index contributed by atoms with van der Waals surface area (Å²) >= 11 is 0. The van der Waals surface area contributed by atoms with E-state index in [1.165, 1.54) is 6.20 Å². The molecule has 6 nitrogen and oxygen atoms in total. The van der Waals surface area contributed by atoms with E-state index in [1.54, 1.807) is 25.1 Å². The Morgan fingerprint density at radius 3 is 2.95 bits per heavy atom. The second-order valence-electron chi connectivity index (χ2n) is 3.68. The van der Waals surface area contributed by atoms with Crippen LogP contribution in [0.2, 0.25) is 0 Å². The number of hydrogen-bond acceptors (Lipinski definition) is 5. The van der Waals surface area contributed by atoms with Crippen molar-refractivity contribution in [3.05, 3.63) is 41.3 Å². The van der Waals surface area contributed by atoms with E-state index in [2.05, 4.69) is 27.3 Å². The van der Waals surface area contributed by atoms with Gasteiger partial charge in [0, 0.05) is 17.8 Å². The monoisotopic (exact) mass is 257 g/mol. The van der Waals surface area contributed by atoms with E-state index in [-0.39, 0.29) is 18.2 Å². The zero-order valence-electron chi connectivity index (χ0n) is 10.2. The summed E-state index contributed by atoms with van der Waals surface area (Å²) in [5.41, 5.74) is 1.54. The first kappa shape index (κ1) is 12.8. The average molecular weight is 257 g/mol. The number of rotatable bonds is 2. The van der Waals surface area contributed by atoms with Crippen LogP contribution in [0.25, 0.3) is 0 Å². The first-order chi connectivity index (χ1) is 9.19. The number of carbonyl (C=O) groups is 1. The molecule has 0 bridgehead atoms. The third-order valence-corrected chi connectivity index (χ3v) is 2.17. The maximum atomic E-state index is 11.8. The van der Waals surface area contributed by atoms with Crippen LogP contribution in [-0.4, -0.2) is 27.8 Å². The van der Waals surface area contributed by atoms with Crippen molar-refractivity contribution >= 4 is 11.8 Å². The van der Waals surface area contributed by atoms with Crippen molar-refractivity contribution in [2.75, 3.05) is 11.9 Å². The summed E-state index contributed by atoms with van der Waals surface area (Å²) in [6.07, 6.45) is 1.46. The van der Waals surface area contributed by atoms with Gasteiger partial charge in [-0.15, -0.1) is 0 Å². The molecule has 2 aromatic heterocycles.